The van der Waals surface area contributed by atoms with Crippen molar-refractivity contribution in [2.75, 3.05) is 6.26 Å². The molecule has 0 aliphatic rings. The zero-order valence-corrected chi connectivity index (χ0v) is 19.3. The van der Waals surface area contributed by atoms with Crippen molar-refractivity contribution in [1.29, 1.82) is 0 Å². The lowest BCUT2D eigenvalue weighted by molar-refractivity contribution is -0.134. The number of hydrogen-bond donors (Lipinski definition) is 0. The van der Waals surface area contributed by atoms with Crippen LogP contribution in [0.1, 0.15) is 68.1 Å². The maximum absolute atomic E-state index is 13.4. The molecule has 0 aliphatic carbocycles. The highest BCUT2D eigenvalue weighted by Crippen LogP contribution is 2.33. The van der Waals surface area contributed by atoms with Gasteiger partial charge in [0.25, 0.3) is 0 Å². The molecule has 0 spiro atoms. The molecular formula is C22H28N2O5S. The van der Waals surface area contributed by atoms with Gasteiger partial charge in [-0.05, 0) is 63.5 Å². The van der Waals surface area contributed by atoms with Crippen LogP contribution in [0.15, 0.2) is 28.8 Å². The van der Waals surface area contributed by atoms with Crippen molar-refractivity contribution >= 4 is 27.2 Å². The smallest absolute Gasteiger partial charge is 0.312 e. The Labute approximate surface area is 177 Å². The van der Waals surface area contributed by atoms with Gasteiger partial charge in [0.1, 0.15) is 5.56 Å². The van der Waals surface area contributed by atoms with Gasteiger partial charge in [0.2, 0.25) is 5.88 Å². The summed E-state index contributed by atoms with van der Waals surface area (Å²) >= 11 is 0. The summed E-state index contributed by atoms with van der Waals surface area (Å²) in [6, 6.07) is 2.96. The van der Waals surface area contributed by atoms with E-state index in [-0.39, 0.29) is 28.5 Å². The lowest BCUT2D eigenvalue weighted by Crippen LogP contribution is -2.14. The standard InChI is InChI=1S/C22H28N2O5S/c1-8-19(25)29-22-17(12-23-24(22)9-2)21(26)16-10-11-18(30(7,27)28)20(15(16)6)14(5)13(3)4/h10-12H,8-9H2,1-7H3. The van der Waals surface area contributed by atoms with E-state index in [2.05, 4.69) is 5.10 Å². The summed E-state index contributed by atoms with van der Waals surface area (Å²) in [5, 5.41) is 4.15. The summed E-state index contributed by atoms with van der Waals surface area (Å²) in [5.74, 6) is -0.750. The predicted molar refractivity (Wildman–Crippen MR) is 115 cm³/mol. The minimum absolute atomic E-state index is 0.0985. The molecule has 0 bridgehead atoms. The normalized spacial score (nSPS) is 11.3. The number of sulfone groups is 1. The lowest BCUT2D eigenvalue weighted by Gasteiger charge is -2.17. The van der Waals surface area contributed by atoms with E-state index in [0.29, 0.717) is 23.2 Å². The van der Waals surface area contributed by atoms with Crippen LogP contribution in [0.4, 0.5) is 0 Å². The van der Waals surface area contributed by atoms with Crippen LogP contribution in [0.2, 0.25) is 0 Å². The summed E-state index contributed by atoms with van der Waals surface area (Å²) in [6.45, 7) is 11.3. The molecule has 162 valence electrons. The van der Waals surface area contributed by atoms with E-state index >= 15 is 0 Å². The minimum Gasteiger partial charge on any atom is -0.407 e. The number of benzene rings is 1. The Balaban J connectivity index is 2.74. The van der Waals surface area contributed by atoms with Gasteiger partial charge in [-0.1, -0.05) is 12.5 Å². The van der Waals surface area contributed by atoms with Gasteiger partial charge in [0.15, 0.2) is 15.6 Å². The number of ether oxygens (including phenoxy) is 1. The van der Waals surface area contributed by atoms with Gasteiger partial charge in [-0.15, -0.1) is 0 Å². The Morgan fingerprint density at radius 2 is 1.73 bits per heavy atom. The molecule has 1 heterocycles. The van der Waals surface area contributed by atoms with Crippen LogP contribution in [0.5, 0.6) is 5.88 Å². The van der Waals surface area contributed by atoms with Crippen LogP contribution in [0.3, 0.4) is 0 Å². The van der Waals surface area contributed by atoms with Gasteiger partial charge in [-0.3, -0.25) is 9.59 Å². The number of carbonyl (C=O) groups excluding carboxylic acids is 2. The zero-order chi connectivity index (χ0) is 22.8. The van der Waals surface area contributed by atoms with E-state index < -0.39 is 15.8 Å². The first-order valence-electron chi connectivity index (χ1n) is 9.73. The molecule has 0 N–H and O–H groups in total. The van der Waals surface area contributed by atoms with Crippen LogP contribution < -0.4 is 4.74 Å². The first-order chi connectivity index (χ1) is 13.9. The van der Waals surface area contributed by atoms with Gasteiger partial charge in [-0.25, -0.2) is 13.1 Å². The molecule has 0 amide bonds. The van der Waals surface area contributed by atoms with Crippen LogP contribution in [0.25, 0.3) is 5.57 Å². The van der Waals surface area contributed by atoms with Crippen LogP contribution in [-0.4, -0.2) is 36.2 Å². The predicted octanol–water partition coefficient (Wildman–Crippen LogP) is 3.97. The second kappa shape index (κ2) is 8.95. The SMILES string of the molecule is CCC(=O)Oc1c(C(=O)c2ccc(S(C)(=O)=O)c(C(C)=C(C)C)c2C)cnn1CC. The van der Waals surface area contributed by atoms with Crippen molar-refractivity contribution < 1.29 is 22.7 Å². The molecule has 0 unspecified atom stereocenters. The molecule has 0 fully saturated rings. The van der Waals surface area contributed by atoms with Gasteiger partial charge in [0.05, 0.1) is 11.1 Å². The van der Waals surface area contributed by atoms with Crippen molar-refractivity contribution in [2.45, 2.75) is 59.4 Å². The number of ketones is 1. The van der Waals surface area contributed by atoms with Crippen LogP contribution in [-0.2, 0) is 21.2 Å². The summed E-state index contributed by atoms with van der Waals surface area (Å²) in [5.41, 5.74) is 3.32. The number of hydrogen-bond acceptors (Lipinski definition) is 6. The number of rotatable bonds is 7. The van der Waals surface area contributed by atoms with Gasteiger partial charge < -0.3 is 4.74 Å². The van der Waals surface area contributed by atoms with Crippen LogP contribution >= 0.6 is 0 Å². The Morgan fingerprint density at radius 3 is 2.23 bits per heavy atom. The summed E-state index contributed by atoms with van der Waals surface area (Å²) in [4.78, 5) is 25.4. The topological polar surface area (TPSA) is 95.3 Å². The second-order valence-electron chi connectivity index (χ2n) is 7.34. The first kappa shape index (κ1) is 23.5. The number of allylic oxidation sites excluding steroid dienone is 2. The molecule has 1 aromatic carbocycles. The quantitative estimate of drug-likeness (QED) is 0.485. The van der Waals surface area contributed by atoms with E-state index in [0.717, 1.165) is 17.4 Å². The monoisotopic (exact) mass is 432 g/mol. The minimum atomic E-state index is -3.50. The third-order valence-corrected chi connectivity index (χ3v) is 6.17. The highest BCUT2D eigenvalue weighted by molar-refractivity contribution is 7.90. The molecule has 1 aromatic heterocycles. The van der Waals surface area contributed by atoms with E-state index in [1.807, 2.05) is 27.7 Å². The molecule has 7 nitrogen and oxygen atoms in total. The van der Waals surface area contributed by atoms with Gasteiger partial charge in [0, 0.05) is 24.8 Å². The van der Waals surface area contributed by atoms with Crippen molar-refractivity contribution in [2.24, 2.45) is 0 Å². The third-order valence-electron chi connectivity index (χ3n) is 5.03. The Morgan fingerprint density at radius 1 is 1.10 bits per heavy atom. The maximum atomic E-state index is 13.4. The van der Waals surface area contributed by atoms with Crippen molar-refractivity contribution in [3.8, 4) is 5.88 Å². The Kier molecular flexibility index (Phi) is 7.02. The largest absolute Gasteiger partial charge is 0.407 e. The molecule has 2 rings (SSSR count). The average Bonchev–Trinajstić information content (AvgIpc) is 3.08. The van der Waals surface area contributed by atoms with Crippen LogP contribution in [0, 0.1) is 6.92 Å². The van der Waals surface area contributed by atoms with Crippen molar-refractivity contribution in [3.63, 3.8) is 0 Å². The highest BCUT2D eigenvalue weighted by atomic mass is 32.2. The second-order valence-corrected chi connectivity index (χ2v) is 9.33. The fourth-order valence-electron chi connectivity index (χ4n) is 3.15. The van der Waals surface area contributed by atoms with E-state index in [9.17, 15) is 18.0 Å². The Hall–Kier alpha value is -2.74. The zero-order valence-electron chi connectivity index (χ0n) is 18.5. The third kappa shape index (κ3) is 4.53. The van der Waals surface area contributed by atoms with Gasteiger partial charge in [-0.2, -0.15) is 5.10 Å². The van der Waals surface area contributed by atoms with E-state index in [1.54, 1.807) is 13.8 Å². The Bertz CT molecular complexity index is 1140. The van der Waals surface area contributed by atoms with E-state index in [1.165, 1.54) is 23.0 Å². The maximum Gasteiger partial charge on any atom is 0.312 e. The molecule has 0 atom stereocenters. The first-order valence-corrected chi connectivity index (χ1v) is 11.6. The number of aromatic nitrogens is 2. The van der Waals surface area contributed by atoms with Gasteiger partial charge >= 0.3 is 5.97 Å². The molecule has 0 saturated heterocycles. The fourth-order valence-corrected chi connectivity index (χ4v) is 4.14. The van der Waals surface area contributed by atoms with Crippen molar-refractivity contribution in [3.05, 3.63) is 46.2 Å². The number of carbonyl (C=O) groups is 2. The number of aryl methyl sites for hydroxylation is 1. The average molecular weight is 433 g/mol. The van der Waals surface area contributed by atoms with Crippen molar-refractivity contribution in [1.82, 2.24) is 9.78 Å². The van der Waals surface area contributed by atoms with E-state index in [4.69, 9.17) is 4.74 Å². The molecule has 0 aliphatic heterocycles. The molecule has 30 heavy (non-hydrogen) atoms. The highest BCUT2D eigenvalue weighted by Gasteiger charge is 2.26. The summed E-state index contributed by atoms with van der Waals surface area (Å²) in [6.07, 6.45) is 2.69. The molecular weight excluding hydrogens is 404 g/mol. The molecule has 2 aromatic rings. The number of nitrogens with zero attached hydrogens (tertiary/aromatic N) is 2. The summed E-state index contributed by atoms with van der Waals surface area (Å²) in [7, 11) is -3.50. The molecule has 8 heteroatoms. The fraction of sp³-hybridized carbons (Fsp3) is 0.409. The lowest BCUT2D eigenvalue weighted by atomic mass is 9.91. The molecule has 0 saturated carbocycles. The molecule has 0 radical (unpaired) electrons. The summed E-state index contributed by atoms with van der Waals surface area (Å²) < 4.78 is 31.5. The number of esters is 1.